The monoisotopic (exact) mass is 280 g/mol. The molecule has 0 aliphatic rings. The lowest BCUT2D eigenvalue weighted by Gasteiger charge is -2.07. The van der Waals surface area contributed by atoms with Crippen molar-refractivity contribution >= 4 is 17.5 Å². The van der Waals surface area contributed by atoms with Gasteiger partial charge in [-0.2, -0.15) is 0 Å². The van der Waals surface area contributed by atoms with Crippen molar-refractivity contribution in [3.05, 3.63) is 78.4 Å². The van der Waals surface area contributed by atoms with Crippen LogP contribution in [0.1, 0.15) is 20.7 Å². The quantitative estimate of drug-likeness (QED) is 0.827. The van der Waals surface area contributed by atoms with Crippen LogP contribution in [0.2, 0.25) is 0 Å². The second-order valence-corrected chi connectivity index (χ2v) is 4.40. The molecular weight excluding hydrogens is 264 g/mol. The van der Waals surface area contributed by atoms with E-state index in [-0.39, 0.29) is 11.8 Å². The summed E-state index contributed by atoms with van der Waals surface area (Å²) in [5.74, 6) is -0.483. The Hall–Kier alpha value is -2.88. The first-order chi connectivity index (χ1) is 10.2. The number of para-hydroxylation sites is 1. The van der Waals surface area contributed by atoms with Gasteiger partial charge in [-0.1, -0.05) is 30.3 Å². The van der Waals surface area contributed by atoms with E-state index >= 15 is 0 Å². The fraction of sp³-hybridized carbons (Fsp3) is 0.0588. The number of benzene rings is 2. The van der Waals surface area contributed by atoms with Gasteiger partial charge in [-0.05, 0) is 30.3 Å². The third kappa shape index (κ3) is 4.04. The normalized spacial score (nSPS) is 9.71. The van der Waals surface area contributed by atoms with Crippen LogP contribution >= 0.6 is 0 Å². The Balaban J connectivity index is 2.11. The Labute approximate surface area is 123 Å². The maximum atomic E-state index is 12.1. The first-order valence-corrected chi connectivity index (χ1v) is 6.56. The molecule has 21 heavy (non-hydrogen) atoms. The van der Waals surface area contributed by atoms with Crippen molar-refractivity contribution in [2.45, 2.75) is 0 Å². The van der Waals surface area contributed by atoms with E-state index in [1.165, 1.54) is 0 Å². The molecule has 0 atom stereocenters. The molecule has 0 heterocycles. The number of nitrogens with one attached hydrogen (secondary N) is 2. The van der Waals surface area contributed by atoms with Crippen molar-refractivity contribution in [1.29, 1.82) is 0 Å². The van der Waals surface area contributed by atoms with Gasteiger partial charge in [0.15, 0.2) is 0 Å². The number of anilines is 1. The lowest BCUT2D eigenvalue weighted by Crippen LogP contribution is -2.23. The third-order valence-electron chi connectivity index (χ3n) is 2.83. The molecule has 0 bridgehead atoms. The Morgan fingerprint density at radius 2 is 1.62 bits per heavy atom. The van der Waals surface area contributed by atoms with Crippen LogP contribution in [-0.4, -0.2) is 18.4 Å². The van der Waals surface area contributed by atoms with E-state index in [1.54, 1.807) is 42.5 Å². The zero-order valence-corrected chi connectivity index (χ0v) is 11.5. The van der Waals surface area contributed by atoms with Crippen molar-refractivity contribution in [2.75, 3.05) is 11.9 Å². The highest BCUT2D eigenvalue weighted by Gasteiger charge is 2.10. The van der Waals surface area contributed by atoms with E-state index in [9.17, 15) is 9.59 Å². The molecule has 0 radical (unpaired) electrons. The Morgan fingerprint density at radius 1 is 0.952 bits per heavy atom. The second-order valence-electron chi connectivity index (χ2n) is 4.40. The number of hydrogen-bond acceptors (Lipinski definition) is 2. The van der Waals surface area contributed by atoms with E-state index < -0.39 is 0 Å². The van der Waals surface area contributed by atoms with Crippen molar-refractivity contribution in [3.63, 3.8) is 0 Å². The van der Waals surface area contributed by atoms with E-state index in [1.807, 2.05) is 18.2 Å². The highest BCUT2D eigenvalue weighted by Crippen LogP contribution is 2.10. The molecule has 2 rings (SSSR count). The fourth-order valence-electron chi connectivity index (χ4n) is 1.79. The average molecular weight is 280 g/mol. The summed E-state index contributed by atoms with van der Waals surface area (Å²) >= 11 is 0. The summed E-state index contributed by atoms with van der Waals surface area (Å²) in [5.41, 5.74) is 1.59. The summed E-state index contributed by atoms with van der Waals surface area (Å²) in [4.78, 5) is 24.0. The maximum absolute atomic E-state index is 12.1. The van der Waals surface area contributed by atoms with Gasteiger partial charge in [0.25, 0.3) is 11.8 Å². The van der Waals surface area contributed by atoms with Gasteiger partial charge in [0, 0.05) is 23.4 Å². The molecule has 0 aliphatic heterocycles. The molecule has 2 aromatic rings. The summed E-state index contributed by atoms with van der Waals surface area (Å²) in [6.07, 6.45) is 1.60. The van der Waals surface area contributed by atoms with Crippen LogP contribution in [0.4, 0.5) is 5.69 Å². The van der Waals surface area contributed by atoms with Crippen LogP contribution < -0.4 is 10.6 Å². The van der Waals surface area contributed by atoms with Crippen LogP contribution in [0.5, 0.6) is 0 Å². The van der Waals surface area contributed by atoms with E-state index in [0.717, 1.165) is 0 Å². The molecule has 4 heteroatoms. The third-order valence-corrected chi connectivity index (χ3v) is 2.83. The minimum atomic E-state index is -0.250. The molecule has 2 N–H and O–H groups in total. The first-order valence-electron chi connectivity index (χ1n) is 6.56. The summed E-state index contributed by atoms with van der Waals surface area (Å²) in [5, 5.41) is 5.46. The van der Waals surface area contributed by atoms with Gasteiger partial charge in [-0.15, -0.1) is 6.58 Å². The molecule has 0 saturated heterocycles. The van der Waals surface area contributed by atoms with E-state index in [4.69, 9.17) is 0 Å². The molecule has 0 aliphatic carbocycles. The SMILES string of the molecule is C=CCNC(=O)c1cccc(C(=O)Nc2ccccc2)c1. The number of carbonyl (C=O) groups excluding carboxylic acids is 2. The zero-order valence-electron chi connectivity index (χ0n) is 11.5. The van der Waals surface area contributed by atoms with Crippen molar-refractivity contribution < 1.29 is 9.59 Å². The second kappa shape index (κ2) is 7.05. The van der Waals surface area contributed by atoms with Gasteiger partial charge in [-0.3, -0.25) is 9.59 Å². The zero-order chi connectivity index (χ0) is 15.1. The lowest BCUT2D eigenvalue weighted by molar-refractivity contribution is 0.0958. The first kappa shape index (κ1) is 14.5. The molecule has 0 unspecified atom stereocenters. The predicted octanol–water partition coefficient (Wildman–Crippen LogP) is 2.85. The van der Waals surface area contributed by atoms with E-state index in [2.05, 4.69) is 17.2 Å². The summed E-state index contributed by atoms with van der Waals surface area (Å²) < 4.78 is 0. The summed E-state index contributed by atoms with van der Waals surface area (Å²) in [6.45, 7) is 3.93. The molecule has 4 nitrogen and oxygen atoms in total. The van der Waals surface area contributed by atoms with Crippen molar-refractivity contribution in [2.24, 2.45) is 0 Å². The Kier molecular flexibility index (Phi) is 4.88. The molecule has 0 spiro atoms. The smallest absolute Gasteiger partial charge is 0.255 e. The van der Waals surface area contributed by atoms with Gasteiger partial charge >= 0.3 is 0 Å². The number of hydrogen-bond donors (Lipinski definition) is 2. The van der Waals surface area contributed by atoms with Crippen LogP contribution in [0.3, 0.4) is 0 Å². The summed E-state index contributed by atoms with van der Waals surface area (Å²) in [7, 11) is 0. The standard InChI is InChI=1S/C17H16N2O2/c1-2-11-18-16(20)13-7-6-8-14(12-13)17(21)19-15-9-4-3-5-10-15/h2-10,12H,1,11H2,(H,18,20)(H,19,21). The van der Waals surface area contributed by atoms with Crippen LogP contribution in [-0.2, 0) is 0 Å². The molecule has 0 aromatic heterocycles. The minimum Gasteiger partial charge on any atom is -0.349 e. The van der Waals surface area contributed by atoms with Crippen molar-refractivity contribution in [1.82, 2.24) is 5.32 Å². The Morgan fingerprint density at radius 3 is 2.29 bits per heavy atom. The molecule has 0 saturated carbocycles. The van der Waals surface area contributed by atoms with Gasteiger partial charge in [0.2, 0.25) is 0 Å². The van der Waals surface area contributed by atoms with E-state index in [0.29, 0.717) is 23.4 Å². The molecule has 0 fully saturated rings. The highest BCUT2D eigenvalue weighted by atomic mass is 16.2. The number of amides is 2. The lowest BCUT2D eigenvalue weighted by atomic mass is 10.1. The van der Waals surface area contributed by atoms with Crippen LogP contribution in [0.25, 0.3) is 0 Å². The minimum absolute atomic E-state index is 0.232. The topological polar surface area (TPSA) is 58.2 Å². The molecule has 2 aromatic carbocycles. The molecular formula is C17H16N2O2. The number of carbonyl (C=O) groups is 2. The number of rotatable bonds is 5. The largest absolute Gasteiger partial charge is 0.349 e. The van der Waals surface area contributed by atoms with Crippen LogP contribution in [0, 0.1) is 0 Å². The summed E-state index contributed by atoms with van der Waals surface area (Å²) in [6, 6.07) is 15.8. The van der Waals surface area contributed by atoms with Gasteiger partial charge in [-0.25, -0.2) is 0 Å². The maximum Gasteiger partial charge on any atom is 0.255 e. The van der Waals surface area contributed by atoms with Gasteiger partial charge in [0.1, 0.15) is 0 Å². The van der Waals surface area contributed by atoms with Crippen LogP contribution in [0.15, 0.2) is 67.3 Å². The predicted molar refractivity (Wildman–Crippen MR) is 83.4 cm³/mol. The fourth-order valence-corrected chi connectivity index (χ4v) is 1.79. The highest BCUT2D eigenvalue weighted by molar-refractivity contribution is 6.06. The Bertz CT molecular complexity index is 651. The molecule has 2 amide bonds. The van der Waals surface area contributed by atoms with Crippen molar-refractivity contribution in [3.8, 4) is 0 Å². The van der Waals surface area contributed by atoms with Gasteiger partial charge < -0.3 is 10.6 Å². The van der Waals surface area contributed by atoms with Gasteiger partial charge in [0.05, 0.1) is 0 Å². The molecule has 106 valence electrons. The average Bonchev–Trinajstić information content (AvgIpc) is 2.53.